The summed E-state index contributed by atoms with van der Waals surface area (Å²) in [7, 11) is -10.3. The average molecular weight is 541 g/mol. The number of unbranched alkanes of at least 4 members (excludes halogenated alkanes) is 3. The number of hydrogen-bond acceptors (Lipinski definition) is 12. The number of aliphatic hydroxyl groups is 1. The van der Waals surface area contributed by atoms with Crippen molar-refractivity contribution < 1.29 is 47.6 Å². The van der Waals surface area contributed by atoms with Crippen LogP contribution >= 0.6 is 15.6 Å². The third kappa shape index (κ3) is 6.05. The molecule has 2 aromatic heterocycles. The summed E-state index contributed by atoms with van der Waals surface area (Å²) in [4.78, 5) is 49.3. The molecule has 0 saturated carbocycles. The van der Waals surface area contributed by atoms with E-state index in [1.165, 1.54) is 0 Å². The smallest absolute Gasteiger partial charge is 0.382 e. The van der Waals surface area contributed by atoms with Crippen molar-refractivity contribution in [2.24, 2.45) is 11.5 Å². The number of phosphoric ester groups is 2. The predicted octanol–water partition coefficient (Wildman–Crippen LogP) is -1.40. The lowest BCUT2D eigenvalue weighted by molar-refractivity contribution is -0.193. The highest BCUT2D eigenvalue weighted by atomic mass is 31.2. The van der Waals surface area contributed by atoms with Crippen molar-refractivity contribution >= 4 is 32.6 Å². The van der Waals surface area contributed by atoms with Crippen LogP contribution in [0.15, 0.2) is 12.7 Å². The Morgan fingerprint density at radius 2 is 1.77 bits per heavy atom. The van der Waals surface area contributed by atoms with Gasteiger partial charge in [0.15, 0.2) is 17.1 Å². The van der Waals surface area contributed by atoms with Crippen molar-refractivity contribution in [3.8, 4) is 0 Å². The summed E-state index contributed by atoms with van der Waals surface area (Å²) in [6.07, 6.45) is 0.817. The van der Waals surface area contributed by atoms with Gasteiger partial charge in [-0.3, -0.25) is 19.3 Å². The molecule has 0 unspecified atom stereocenters. The topological polar surface area (TPSA) is 285 Å². The second-order valence-electron chi connectivity index (χ2n) is 8.08. The monoisotopic (exact) mass is 541 g/mol. The molecular weight excluding hydrogens is 512 g/mol. The molecule has 3 rings (SSSR count). The summed E-state index contributed by atoms with van der Waals surface area (Å²) >= 11 is 0. The lowest BCUT2D eigenvalue weighted by atomic mass is 9.85. The van der Waals surface area contributed by atoms with E-state index in [1.807, 2.05) is 0 Å². The maximum absolute atomic E-state index is 11.9. The van der Waals surface area contributed by atoms with Gasteiger partial charge in [0.2, 0.25) is 5.85 Å². The predicted molar refractivity (Wildman–Crippen MR) is 119 cm³/mol. The number of nitrogen functional groups attached to an aromatic ring is 1. The van der Waals surface area contributed by atoms with E-state index in [0.29, 0.717) is 32.2 Å². The third-order valence-electron chi connectivity index (χ3n) is 5.65. The van der Waals surface area contributed by atoms with Crippen molar-refractivity contribution in [3.63, 3.8) is 0 Å². The maximum atomic E-state index is 11.9. The molecule has 1 aliphatic rings. The average Bonchev–Trinajstić information content (AvgIpc) is 3.26. The van der Waals surface area contributed by atoms with Crippen molar-refractivity contribution in [1.29, 1.82) is 0 Å². The van der Waals surface area contributed by atoms with E-state index < -0.39 is 45.9 Å². The van der Waals surface area contributed by atoms with Crippen LogP contribution < -0.4 is 17.2 Å². The van der Waals surface area contributed by atoms with Crippen molar-refractivity contribution in [3.05, 3.63) is 12.7 Å². The molecule has 3 heterocycles. The zero-order chi connectivity index (χ0) is 26.1. The van der Waals surface area contributed by atoms with Gasteiger partial charge in [-0.15, -0.1) is 0 Å². The molecule has 198 valence electrons. The van der Waals surface area contributed by atoms with E-state index in [2.05, 4.69) is 19.5 Å². The van der Waals surface area contributed by atoms with E-state index in [0.717, 1.165) is 17.2 Å². The molecule has 0 aliphatic carbocycles. The van der Waals surface area contributed by atoms with E-state index in [9.17, 15) is 24.0 Å². The van der Waals surface area contributed by atoms with Crippen LogP contribution in [0.1, 0.15) is 32.1 Å². The largest absolute Gasteiger partial charge is 0.470 e. The Bertz CT molecular complexity index is 1130. The number of fused-ring (bicyclic) bond motifs is 1. The summed E-state index contributed by atoms with van der Waals surface area (Å²) in [5.41, 5.74) is 15.6. The summed E-state index contributed by atoms with van der Waals surface area (Å²) in [6, 6.07) is 0. The molecule has 35 heavy (non-hydrogen) atoms. The second kappa shape index (κ2) is 10.4. The number of aromatic nitrogens is 4. The van der Waals surface area contributed by atoms with Gasteiger partial charge < -0.3 is 40.9 Å². The van der Waals surface area contributed by atoms with Crippen LogP contribution in [0.3, 0.4) is 0 Å². The molecule has 0 amide bonds. The number of phosphoric acid groups is 2. The Hall–Kier alpha value is -1.59. The maximum Gasteiger partial charge on any atom is 0.470 e. The Morgan fingerprint density at radius 1 is 1.09 bits per heavy atom. The number of nitrogens with two attached hydrogens (primary N) is 3. The van der Waals surface area contributed by atoms with Gasteiger partial charge in [0.05, 0.1) is 6.61 Å². The number of ether oxygens (including phenoxy) is 1. The molecule has 0 radical (unpaired) electrons. The number of rotatable bonds is 12. The van der Waals surface area contributed by atoms with E-state index in [1.54, 1.807) is 0 Å². The highest BCUT2D eigenvalue weighted by Crippen LogP contribution is 2.52. The molecular formula is C16H29N7O10P2. The highest BCUT2D eigenvalue weighted by Gasteiger charge is 2.67. The standard InChI is InChI=1S/C16H29N7O10P2/c17-6-4-2-1-3-5-15(24)12(33-35(28,29)30)10(7-31-34(25,26)27)32-16(15,19)23-9-22-11-13(18)20-8-21-14(11)23/h8-10,12,24H,1-7,17,19H2,(H2,18,20,21)(H2,25,26,27)(H2,28,29,30)/t10-,12-,15-,16+/m1/s1. The number of imidazole rings is 1. The Labute approximate surface area is 199 Å². The highest BCUT2D eigenvalue weighted by molar-refractivity contribution is 7.46. The molecule has 1 aliphatic heterocycles. The van der Waals surface area contributed by atoms with E-state index >= 15 is 0 Å². The molecule has 0 aromatic carbocycles. The van der Waals surface area contributed by atoms with Crippen LogP contribution in [-0.4, -0.2) is 75.2 Å². The normalized spacial score (nSPS) is 27.6. The first kappa shape index (κ1) is 28.0. The van der Waals surface area contributed by atoms with Crippen LogP contribution in [0.2, 0.25) is 0 Å². The fourth-order valence-electron chi connectivity index (χ4n) is 4.08. The zero-order valence-corrected chi connectivity index (χ0v) is 20.2. The van der Waals surface area contributed by atoms with Gasteiger partial charge in [-0.05, 0) is 19.4 Å². The van der Waals surface area contributed by atoms with Crippen molar-refractivity contribution in [2.45, 2.75) is 55.8 Å². The summed E-state index contributed by atoms with van der Waals surface area (Å²) in [5.74, 6) is -2.34. The molecule has 17 nitrogen and oxygen atoms in total. The van der Waals surface area contributed by atoms with Gasteiger partial charge in [0.25, 0.3) is 0 Å². The van der Waals surface area contributed by atoms with Crippen LogP contribution in [0.25, 0.3) is 11.2 Å². The molecule has 4 atom stereocenters. The lowest BCUT2D eigenvalue weighted by Gasteiger charge is -2.40. The summed E-state index contributed by atoms with van der Waals surface area (Å²) in [6.45, 7) is -0.463. The number of nitrogens with zero attached hydrogens (tertiary/aromatic N) is 4. The third-order valence-corrected chi connectivity index (χ3v) is 6.64. The van der Waals surface area contributed by atoms with Crippen LogP contribution in [0.4, 0.5) is 5.82 Å². The van der Waals surface area contributed by atoms with Gasteiger partial charge in [0.1, 0.15) is 30.4 Å². The minimum atomic E-state index is -5.27. The van der Waals surface area contributed by atoms with Crippen LogP contribution in [0, 0.1) is 0 Å². The minimum Gasteiger partial charge on any atom is -0.382 e. The number of hydrogen-bond donors (Lipinski definition) is 8. The number of anilines is 1. The van der Waals surface area contributed by atoms with Gasteiger partial charge in [-0.1, -0.05) is 19.3 Å². The second-order valence-corrected chi connectivity index (χ2v) is 10.5. The Balaban J connectivity index is 2.09. The molecule has 19 heteroatoms. The SMILES string of the molecule is NCCCCCC[C@@]1(O)[C@H](OP(=O)(O)O)[C@@H](COP(=O)(O)O)O[C@@]1(N)n1cnc2c(N)ncnc21. The van der Waals surface area contributed by atoms with Crippen molar-refractivity contribution in [1.82, 2.24) is 19.5 Å². The van der Waals surface area contributed by atoms with Crippen LogP contribution in [0.5, 0.6) is 0 Å². The zero-order valence-electron chi connectivity index (χ0n) is 18.5. The molecule has 11 N–H and O–H groups in total. The molecule has 1 saturated heterocycles. The summed E-state index contributed by atoms with van der Waals surface area (Å²) < 4.78 is 39.3. The van der Waals surface area contributed by atoms with E-state index in [4.69, 9.17) is 36.2 Å². The first-order valence-corrected chi connectivity index (χ1v) is 13.5. The Kier molecular flexibility index (Phi) is 8.33. The first-order chi connectivity index (χ1) is 16.2. The van der Waals surface area contributed by atoms with E-state index in [-0.39, 0.29) is 23.4 Å². The molecule has 1 fully saturated rings. The van der Waals surface area contributed by atoms with Crippen LogP contribution in [-0.2, 0) is 28.8 Å². The van der Waals surface area contributed by atoms with Gasteiger partial charge >= 0.3 is 15.6 Å². The quantitative estimate of drug-likeness (QED) is 0.113. The summed E-state index contributed by atoms with van der Waals surface area (Å²) in [5, 5.41) is 11.9. The minimum absolute atomic E-state index is 0.00919. The first-order valence-electron chi connectivity index (χ1n) is 10.5. The molecule has 2 aromatic rings. The van der Waals surface area contributed by atoms with Gasteiger partial charge in [0, 0.05) is 0 Å². The lowest BCUT2D eigenvalue weighted by Crippen LogP contribution is -2.63. The van der Waals surface area contributed by atoms with Crippen molar-refractivity contribution in [2.75, 3.05) is 18.9 Å². The fourth-order valence-corrected chi connectivity index (χ4v) is 5.02. The van der Waals surface area contributed by atoms with Gasteiger partial charge in [-0.25, -0.2) is 24.1 Å². The molecule has 0 spiro atoms. The Morgan fingerprint density at radius 3 is 2.40 bits per heavy atom. The fraction of sp³-hybridized carbons (Fsp3) is 0.688. The van der Waals surface area contributed by atoms with Gasteiger partial charge in [-0.2, -0.15) is 0 Å². The molecule has 0 bridgehead atoms.